The highest BCUT2D eigenvalue weighted by molar-refractivity contribution is 6.30. The molecule has 2 aromatic rings. The van der Waals surface area contributed by atoms with Crippen molar-refractivity contribution in [3.63, 3.8) is 0 Å². The van der Waals surface area contributed by atoms with Crippen molar-refractivity contribution in [2.45, 2.75) is 6.42 Å². The minimum atomic E-state index is -0.917. The zero-order chi connectivity index (χ0) is 10.1. The van der Waals surface area contributed by atoms with E-state index in [0.29, 0.717) is 16.4 Å². The lowest BCUT2D eigenvalue weighted by Crippen LogP contribution is -2.00. The first kappa shape index (κ1) is 8.96. The van der Waals surface area contributed by atoms with Crippen LogP contribution in [0.1, 0.15) is 5.69 Å². The molecule has 72 valence electrons. The number of hydrogen-bond acceptors (Lipinski definition) is 3. The van der Waals surface area contributed by atoms with Gasteiger partial charge < -0.3 is 5.11 Å². The van der Waals surface area contributed by atoms with Crippen molar-refractivity contribution in [3.05, 3.63) is 29.2 Å². The van der Waals surface area contributed by atoms with Gasteiger partial charge in [-0.25, -0.2) is 9.50 Å². The van der Waals surface area contributed by atoms with E-state index in [2.05, 4.69) is 10.1 Å². The van der Waals surface area contributed by atoms with Gasteiger partial charge in [0.2, 0.25) is 0 Å². The molecule has 0 aliphatic rings. The Labute approximate surface area is 83.9 Å². The first-order valence-corrected chi connectivity index (χ1v) is 4.24. The molecule has 6 heteroatoms. The normalized spacial score (nSPS) is 10.6. The van der Waals surface area contributed by atoms with Crippen LogP contribution in [0.3, 0.4) is 0 Å². The fourth-order valence-electron chi connectivity index (χ4n) is 1.14. The average molecular weight is 212 g/mol. The Bertz CT molecular complexity index is 494. The molecule has 0 aromatic carbocycles. The number of carbonyl (C=O) groups is 1. The van der Waals surface area contributed by atoms with E-state index in [-0.39, 0.29) is 6.42 Å². The van der Waals surface area contributed by atoms with Crippen molar-refractivity contribution in [2.75, 3.05) is 0 Å². The predicted molar refractivity (Wildman–Crippen MR) is 49.3 cm³/mol. The highest BCUT2D eigenvalue weighted by Gasteiger charge is 2.06. The smallest absolute Gasteiger partial charge is 0.309 e. The highest BCUT2D eigenvalue weighted by atomic mass is 35.5. The van der Waals surface area contributed by atoms with Gasteiger partial charge >= 0.3 is 5.97 Å². The summed E-state index contributed by atoms with van der Waals surface area (Å²) in [6, 6.07) is 1.62. The molecule has 0 aliphatic heterocycles. The van der Waals surface area contributed by atoms with Crippen molar-refractivity contribution in [1.29, 1.82) is 0 Å². The predicted octanol–water partition coefficient (Wildman–Crippen LogP) is 1.01. The van der Waals surface area contributed by atoms with Gasteiger partial charge in [-0.1, -0.05) is 11.6 Å². The van der Waals surface area contributed by atoms with E-state index in [1.54, 1.807) is 12.3 Å². The first-order valence-electron chi connectivity index (χ1n) is 3.87. The zero-order valence-corrected chi connectivity index (χ0v) is 7.77. The lowest BCUT2D eigenvalue weighted by Gasteiger charge is -1.90. The van der Waals surface area contributed by atoms with Gasteiger partial charge in [0, 0.05) is 12.3 Å². The van der Waals surface area contributed by atoms with E-state index in [1.165, 1.54) is 10.7 Å². The molecule has 14 heavy (non-hydrogen) atoms. The van der Waals surface area contributed by atoms with Crippen LogP contribution < -0.4 is 0 Å². The number of aliphatic carboxylic acids is 1. The highest BCUT2D eigenvalue weighted by Crippen LogP contribution is 2.09. The number of carboxylic acid groups (broad SMARTS) is 1. The van der Waals surface area contributed by atoms with Crippen molar-refractivity contribution < 1.29 is 9.90 Å². The fraction of sp³-hybridized carbons (Fsp3) is 0.125. The largest absolute Gasteiger partial charge is 0.481 e. The molecule has 0 amide bonds. The summed E-state index contributed by atoms with van der Waals surface area (Å²) in [5.41, 5.74) is 1.05. The summed E-state index contributed by atoms with van der Waals surface area (Å²) in [4.78, 5) is 14.4. The molecule has 0 fully saturated rings. The van der Waals surface area contributed by atoms with Gasteiger partial charge in [-0.15, -0.1) is 0 Å². The van der Waals surface area contributed by atoms with Crippen molar-refractivity contribution in [3.8, 4) is 0 Å². The SMILES string of the molecule is O=C(O)Cc1cc2ncc(Cl)cn2n1. The van der Waals surface area contributed by atoms with E-state index in [1.807, 2.05) is 0 Å². The summed E-state index contributed by atoms with van der Waals surface area (Å²) >= 11 is 5.69. The van der Waals surface area contributed by atoms with Crippen molar-refractivity contribution >= 4 is 23.2 Å². The molecule has 0 atom stereocenters. The van der Waals surface area contributed by atoms with Gasteiger partial charge in [-0.3, -0.25) is 4.79 Å². The second kappa shape index (κ2) is 3.26. The molecule has 0 spiro atoms. The van der Waals surface area contributed by atoms with Crippen molar-refractivity contribution in [1.82, 2.24) is 14.6 Å². The van der Waals surface area contributed by atoms with Gasteiger partial charge in [0.1, 0.15) is 0 Å². The molecule has 2 aromatic heterocycles. The molecule has 1 N–H and O–H groups in total. The summed E-state index contributed by atoms with van der Waals surface area (Å²) in [5.74, 6) is -0.917. The van der Waals surface area contributed by atoms with Crippen LogP contribution in [-0.4, -0.2) is 25.7 Å². The molecule has 0 saturated carbocycles. The molecule has 0 aliphatic carbocycles. The van der Waals surface area contributed by atoms with Gasteiger partial charge in [0.15, 0.2) is 5.65 Å². The number of rotatable bonds is 2. The maximum absolute atomic E-state index is 10.4. The Morgan fingerprint density at radius 1 is 1.64 bits per heavy atom. The van der Waals surface area contributed by atoms with Crippen LogP contribution in [0.5, 0.6) is 0 Å². The molecule has 0 saturated heterocycles. The fourth-order valence-corrected chi connectivity index (χ4v) is 1.29. The minimum absolute atomic E-state index is 0.110. The van der Waals surface area contributed by atoms with E-state index >= 15 is 0 Å². The Morgan fingerprint density at radius 3 is 3.14 bits per heavy atom. The summed E-state index contributed by atoms with van der Waals surface area (Å²) in [5, 5.41) is 13.0. The van der Waals surface area contributed by atoms with Crippen LogP contribution in [0.4, 0.5) is 0 Å². The van der Waals surface area contributed by atoms with E-state index in [0.717, 1.165) is 0 Å². The molecular formula is C8H6ClN3O2. The lowest BCUT2D eigenvalue weighted by atomic mass is 10.3. The third-order valence-corrected chi connectivity index (χ3v) is 1.86. The van der Waals surface area contributed by atoms with Gasteiger partial charge in [0.25, 0.3) is 0 Å². The molecule has 0 unspecified atom stereocenters. The minimum Gasteiger partial charge on any atom is -0.481 e. The number of aromatic nitrogens is 3. The standard InChI is InChI=1S/C8H6ClN3O2/c9-5-3-10-7-1-6(2-8(13)14)11-12(7)4-5/h1,3-4H,2H2,(H,13,14). The number of hydrogen-bond donors (Lipinski definition) is 1. The van der Waals surface area contributed by atoms with E-state index in [9.17, 15) is 4.79 Å². The molecule has 0 radical (unpaired) electrons. The lowest BCUT2D eigenvalue weighted by molar-refractivity contribution is -0.136. The maximum atomic E-state index is 10.4. The van der Waals surface area contributed by atoms with E-state index in [4.69, 9.17) is 16.7 Å². The first-order chi connectivity index (χ1) is 6.65. The Morgan fingerprint density at radius 2 is 2.43 bits per heavy atom. The molecule has 2 rings (SSSR count). The summed E-state index contributed by atoms with van der Waals surface area (Å²) in [6.45, 7) is 0. The number of nitrogens with zero attached hydrogens (tertiary/aromatic N) is 3. The molecule has 2 heterocycles. The van der Waals surface area contributed by atoms with Crippen LogP contribution in [-0.2, 0) is 11.2 Å². The Kier molecular flexibility index (Phi) is 2.09. The van der Waals surface area contributed by atoms with Crippen molar-refractivity contribution in [2.24, 2.45) is 0 Å². The number of carboxylic acids is 1. The van der Waals surface area contributed by atoms with Crippen LogP contribution in [0.2, 0.25) is 5.02 Å². The number of fused-ring (bicyclic) bond motifs is 1. The average Bonchev–Trinajstić information content (AvgIpc) is 2.44. The third kappa shape index (κ3) is 1.67. The quantitative estimate of drug-likeness (QED) is 0.805. The van der Waals surface area contributed by atoms with Gasteiger partial charge in [0.05, 0.1) is 23.3 Å². The summed E-state index contributed by atoms with van der Waals surface area (Å²) in [6.07, 6.45) is 2.96. The molecule has 5 nitrogen and oxygen atoms in total. The van der Waals surface area contributed by atoms with Gasteiger partial charge in [-0.05, 0) is 0 Å². The molecular weight excluding hydrogens is 206 g/mol. The molecule has 0 bridgehead atoms. The Balaban J connectivity index is 2.46. The summed E-state index contributed by atoms with van der Waals surface area (Å²) in [7, 11) is 0. The second-order valence-corrected chi connectivity index (χ2v) is 3.22. The van der Waals surface area contributed by atoms with Gasteiger partial charge in [-0.2, -0.15) is 5.10 Å². The topological polar surface area (TPSA) is 67.5 Å². The Hall–Kier alpha value is -1.62. The second-order valence-electron chi connectivity index (χ2n) is 2.78. The van der Waals surface area contributed by atoms with Crippen LogP contribution in [0.15, 0.2) is 18.5 Å². The maximum Gasteiger partial charge on any atom is 0.309 e. The van der Waals surface area contributed by atoms with Crippen LogP contribution in [0, 0.1) is 0 Å². The number of halogens is 1. The van der Waals surface area contributed by atoms with E-state index < -0.39 is 5.97 Å². The monoisotopic (exact) mass is 211 g/mol. The third-order valence-electron chi connectivity index (χ3n) is 1.66. The summed E-state index contributed by atoms with van der Waals surface area (Å²) < 4.78 is 1.46. The van der Waals surface area contributed by atoms with Crippen LogP contribution >= 0.6 is 11.6 Å². The zero-order valence-electron chi connectivity index (χ0n) is 7.01. The van der Waals surface area contributed by atoms with Crippen LogP contribution in [0.25, 0.3) is 5.65 Å².